The zero-order valence-electron chi connectivity index (χ0n) is 12.2. The number of carbonyl (C=O) groups is 1. The van der Waals surface area contributed by atoms with Crippen molar-refractivity contribution in [2.45, 2.75) is 26.3 Å². The molecule has 0 radical (unpaired) electrons. The minimum Gasteiger partial charge on any atom is -0.326 e. The number of benzene rings is 1. The number of aromatic amines is 1. The molecule has 1 unspecified atom stereocenters. The summed E-state index contributed by atoms with van der Waals surface area (Å²) in [4.78, 5) is 25.9. The van der Waals surface area contributed by atoms with Gasteiger partial charge in [-0.05, 0) is 37.7 Å². The Balaban J connectivity index is 1.98. The molecule has 1 amide bonds. The number of anilines is 1. The fourth-order valence-electron chi connectivity index (χ4n) is 2.14. The van der Waals surface area contributed by atoms with Crippen LogP contribution in [0.3, 0.4) is 0 Å². The molecule has 0 saturated heterocycles. The van der Waals surface area contributed by atoms with E-state index in [1.54, 1.807) is 36.7 Å². The summed E-state index contributed by atoms with van der Waals surface area (Å²) in [5.74, 6) is -0.0324. The van der Waals surface area contributed by atoms with E-state index in [1.165, 1.54) is 4.57 Å². The van der Waals surface area contributed by atoms with Crippen molar-refractivity contribution in [2.24, 2.45) is 0 Å². The summed E-state index contributed by atoms with van der Waals surface area (Å²) in [5, 5.41) is 6.04. The van der Waals surface area contributed by atoms with Crippen LogP contribution >= 0.6 is 0 Å². The first-order valence-electron chi connectivity index (χ1n) is 7.00. The summed E-state index contributed by atoms with van der Waals surface area (Å²) in [6.45, 7) is 4.83. The van der Waals surface area contributed by atoms with Crippen molar-refractivity contribution in [1.82, 2.24) is 14.9 Å². The third-order valence-corrected chi connectivity index (χ3v) is 3.12. The molecule has 2 rings (SSSR count). The molecule has 2 aromatic rings. The molecule has 112 valence electrons. The number of rotatable bonds is 6. The lowest BCUT2D eigenvalue weighted by molar-refractivity contribution is -0.116. The smallest absolute Gasteiger partial charge is 0.326 e. The van der Waals surface area contributed by atoms with E-state index in [9.17, 15) is 9.59 Å². The Hall–Kier alpha value is -2.34. The predicted molar refractivity (Wildman–Crippen MR) is 82.8 cm³/mol. The maximum Gasteiger partial charge on any atom is 0.330 e. The topological polar surface area (TPSA) is 78.9 Å². The third-order valence-electron chi connectivity index (χ3n) is 3.12. The highest BCUT2D eigenvalue weighted by Gasteiger charge is 2.08. The molecule has 0 fully saturated rings. The molecule has 1 aromatic carbocycles. The molecule has 0 spiro atoms. The molecular weight excluding hydrogens is 268 g/mol. The average Bonchev–Trinajstić information content (AvgIpc) is 2.86. The van der Waals surface area contributed by atoms with Gasteiger partial charge in [-0.15, -0.1) is 0 Å². The van der Waals surface area contributed by atoms with E-state index in [2.05, 4.69) is 15.6 Å². The van der Waals surface area contributed by atoms with Gasteiger partial charge < -0.3 is 15.6 Å². The summed E-state index contributed by atoms with van der Waals surface area (Å²) in [7, 11) is 0. The normalized spacial score (nSPS) is 12.1. The molecule has 1 heterocycles. The monoisotopic (exact) mass is 288 g/mol. The molecule has 3 N–H and O–H groups in total. The second-order valence-electron chi connectivity index (χ2n) is 4.89. The molecule has 6 heteroatoms. The minimum atomic E-state index is -0.189. The van der Waals surface area contributed by atoms with Crippen LogP contribution in [-0.4, -0.2) is 28.0 Å². The Kier molecular flexibility index (Phi) is 4.94. The van der Waals surface area contributed by atoms with Gasteiger partial charge in [-0.1, -0.05) is 6.92 Å². The molecule has 0 aliphatic heterocycles. The Morgan fingerprint density at radius 3 is 2.62 bits per heavy atom. The molecule has 0 saturated carbocycles. The second kappa shape index (κ2) is 6.90. The lowest BCUT2D eigenvalue weighted by Gasteiger charge is -2.12. The van der Waals surface area contributed by atoms with Gasteiger partial charge in [0.05, 0.1) is 5.69 Å². The summed E-state index contributed by atoms with van der Waals surface area (Å²) in [6.07, 6.45) is 3.67. The highest BCUT2D eigenvalue weighted by Crippen LogP contribution is 2.12. The van der Waals surface area contributed by atoms with Crippen LogP contribution in [0.1, 0.15) is 20.3 Å². The number of nitrogens with zero attached hydrogens (tertiary/aromatic N) is 1. The van der Waals surface area contributed by atoms with Crippen molar-refractivity contribution < 1.29 is 4.79 Å². The number of amides is 1. The molecule has 0 bridgehead atoms. The molecule has 1 atom stereocenters. The van der Waals surface area contributed by atoms with Gasteiger partial charge in [-0.25, -0.2) is 4.79 Å². The summed E-state index contributed by atoms with van der Waals surface area (Å²) < 4.78 is 1.50. The van der Waals surface area contributed by atoms with Crippen molar-refractivity contribution in [2.75, 3.05) is 11.9 Å². The number of hydrogen-bond donors (Lipinski definition) is 3. The van der Waals surface area contributed by atoms with Gasteiger partial charge in [0.15, 0.2) is 0 Å². The van der Waals surface area contributed by atoms with Crippen LogP contribution in [0.5, 0.6) is 0 Å². The first-order valence-corrected chi connectivity index (χ1v) is 7.00. The lowest BCUT2D eigenvalue weighted by atomic mass is 10.2. The van der Waals surface area contributed by atoms with Crippen LogP contribution < -0.4 is 16.3 Å². The number of nitrogens with one attached hydrogen (secondary N) is 3. The summed E-state index contributed by atoms with van der Waals surface area (Å²) >= 11 is 0. The lowest BCUT2D eigenvalue weighted by Crippen LogP contribution is -2.30. The van der Waals surface area contributed by atoms with Crippen LogP contribution in [0, 0.1) is 0 Å². The number of H-pyrrole nitrogens is 1. The molecule has 0 aliphatic rings. The van der Waals surface area contributed by atoms with E-state index in [-0.39, 0.29) is 17.6 Å². The van der Waals surface area contributed by atoms with Crippen LogP contribution in [0.4, 0.5) is 5.69 Å². The third kappa shape index (κ3) is 4.06. The SMILES string of the molecule is CCNC(C)CC(=O)Nc1ccc(-n2cc[nH]c2=O)cc1. The van der Waals surface area contributed by atoms with Crippen LogP contribution in [-0.2, 0) is 4.79 Å². The van der Waals surface area contributed by atoms with Crippen LogP contribution in [0.2, 0.25) is 0 Å². The van der Waals surface area contributed by atoms with Crippen LogP contribution in [0.15, 0.2) is 41.5 Å². The van der Waals surface area contributed by atoms with Gasteiger partial charge >= 0.3 is 5.69 Å². The van der Waals surface area contributed by atoms with Gasteiger partial charge in [0.1, 0.15) is 0 Å². The number of imidazole rings is 1. The van der Waals surface area contributed by atoms with Crippen LogP contribution in [0.25, 0.3) is 5.69 Å². The van der Waals surface area contributed by atoms with E-state index in [1.807, 2.05) is 13.8 Å². The quantitative estimate of drug-likeness (QED) is 0.753. The molecule has 1 aromatic heterocycles. The largest absolute Gasteiger partial charge is 0.330 e. The molecule has 6 nitrogen and oxygen atoms in total. The minimum absolute atomic E-state index is 0.0324. The highest BCUT2D eigenvalue weighted by molar-refractivity contribution is 5.91. The van der Waals surface area contributed by atoms with Crippen molar-refractivity contribution in [1.29, 1.82) is 0 Å². The average molecular weight is 288 g/mol. The summed E-state index contributed by atoms with van der Waals surface area (Å²) in [6, 6.07) is 7.29. The Morgan fingerprint density at radius 1 is 1.33 bits per heavy atom. The number of aromatic nitrogens is 2. The first kappa shape index (κ1) is 15.1. The van der Waals surface area contributed by atoms with Gasteiger partial charge in [-0.3, -0.25) is 9.36 Å². The van der Waals surface area contributed by atoms with E-state index < -0.39 is 0 Å². The van der Waals surface area contributed by atoms with Gasteiger partial charge in [0, 0.05) is 30.5 Å². The second-order valence-corrected chi connectivity index (χ2v) is 4.89. The van der Waals surface area contributed by atoms with Gasteiger partial charge in [0.2, 0.25) is 5.91 Å². The molecule has 21 heavy (non-hydrogen) atoms. The maximum absolute atomic E-state index is 11.9. The van der Waals surface area contributed by atoms with Crippen molar-refractivity contribution in [3.8, 4) is 5.69 Å². The van der Waals surface area contributed by atoms with Gasteiger partial charge in [0.25, 0.3) is 0 Å². The highest BCUT2D eigenvalue weighted by atomic mass is 16.2. The van der Waals surface area contributed by atoms with Crippen molar-refractivity contribution in [3.63, 3.8) is 0 Å². The summed E-state index contributed by atoms with van der Waals surface area (Å²) in [5.41, 5.74) is 1.28. The zero-order valence-corrected chi connectivity index (χ0v) is 12.2. The maximum atomic E-state index is 11.9. The molecular formula is C15H20N4O2. The standard InChI is InChI=1S/C15H20N4O2/c1-3-16-11(2)10-14(20)18-12-4-6-13(7-5-12)19-9-8-17-15(19)21/h4-9,11,16H,3,10H2,1-2H3,(H,17,21)(H,18,20). The van der Waals surface area contributed by atoms with Crippen molar-refractivity contribution in [3.05, 3.63) is 47.1 Å². The zero-order chi connectivity index (χ0) is 15.2. The van der Waals surface area contributed by atoms with Gasteiger partial charge in [-0.2, -0.15) is 0 Å². The fraction of sp³-hybridized carbons (Fsp3) is 0.333. The van der Waals surface area contributed by atoms with Crippen molar-refractivity contribution >= 4 is 11.6 Å². The van der Waals surface area contributed by atoms with E-state index >= 15 is 0 Å². The Morgan fingerprint density at radius 2 is 2.05 bits per heavy atom. The fourth-order valence-corrected chi connectivity index (χ4v) is 2.14. The van der Waals surface area contributed by atoms with E-state index in [0.717, 1.165) is 17.9 Å². The Bertz CT molecular complexity index is 642. The molecule has 0 aliphatic carbocycles. The van der Waals surface area contributed by atoms with E-state index in [0.29, 0.717) is 6.42 Å². The Labute approximate surface area is 123 Å². The first-order chi connectivity index (χ1) is 10.1. The number of carbonyl (C=O) groups excluding carboxylic acids is 1. The van der Waals surface area contributed by atoms with E-state index in [4.69, 9.17) is 0 Å². The number of hydrogen-bond acceptors (Lipinski definition) is 3. The predicted octanol–water partition coefficient (Wildman–Crippen LogP) is 1.49.